The van der Waals surface area contributed by atoms with E-state index in [-0.39, 0.29) is 23.7 Å². The monoisotopic (exact) mass is 302 g/mol. The van der Waals surface area contributed by atoms with Gasteiger partial charge in [-0.2, -0.15) is 0 Å². The number of hydrogen-bond donors (Lipinski definition) is 0. The molecule has 1 saturated heterocycles. The van der Waals surface area contributed by atoms with Gasteiger partial charge in [-0.3, -0.25) is 4.79 Å². The van der Waals surface area contributed by atoms with E-state index in [0.29, 0.717) is 18.0 Å². The number of carbonyl (C=O) groups excluding carboxylic acids is 1. The van der Waals surface area contributed by atoms with Crippen LogP contribution in [0.15, 0.2) is 34.9 Å². The van der Waals surface area contributed by atoms with Crippen molar-refractivity contribution in [2.45, 2.75) is 38.6 Å². The first kappa shape index (κ1) is 14.8. The Hall–Kier alpha value is -2.17. The van der Waals surface area contributed by atoms with Crippen molar-refractivity contribution in [3.8, 4) is 0 Å². The van der Waals surface area contributed by atoms with Crippen LogP contribution in [0, 0.1) is 5.82 Å². The maximum Gasteiger partial charge on any atom is 0.276 e. The highest BCUT2D eigenvalue weighted by Crippen LogP contribution is 2.33. The van der Waals surface area contributed by atoms with Gasteiger partial charge in [0.2, 0.25) is 0 Å². The zero-order chi connectivity index (χ0) is 15.7. The first-order chi connectivity index (χ1) is 10.6. The lowest BCUT2D eigenvalue weighted by atomic mass is 10.0. The van der Waals surface area contributed by atoms with E-state index in [1.165, 1.54) is 12.1 Å². The highest BCUT2D eigenvalue weighted by atomic mass is 19.1. The molecular weight excluding hydrogens is 283 g/mol. The predicted molar refractivity (Wildman–Crippen MR) is 80.0 cm³/mol. The number of halogens is 1. The van der Waals surface area contributed by atoms with Crippen molar-refractivity contribution in [3.63, 3.8) is 0 Å². The third-order valence-electron chi connectivity index (χ3n) is 4.06. The molecule has 0 N–H and O–H groups in total. The second kappa shape index (κ2) is 5.91. The Labute approximate surface area is 128 Å². The number of aromatic nitrogens is 1. The molecule has 0 spiro atoms. The Morgan fingerprint density at radius 1 is 1.41 bits per heavy atom. The summed E-state index contributed by atoms with van der Waals surface area (Å²) >= 11 is 0. The molecule has 0 saturated carbocycles. The van der Waals surface area contributed by atoms with E-state index in [9.17, 15) is 9.18 Å². The zero-order valence-corrected chi connectivity index (χ0v) is 12.8. The van der Waals surface area contributed by atoms with Crippen molar-refractivity contribution in [2.75, 3.05) is 6.54 Å². The third-order valence-corrected chi connectivity index (χ3v) is 4.06. The minimum Gasteiger partial charge on any atom is -0.360 e. The van der Waals surface area contributed by atoms with Crippen LogP contribution >= 0.6 is 0 Å². The van der Waals surface area contributed by atoms with E-state index in [2.05, 4.69) is 5.16 Å². The third kappa shape index (κ3) is 2.75. The summed E-state index contributed by atoms with van der Waals surface area (Å²) in [7, 11) is 0. The summed E-state index contributed by atoms with van der Waals surface area (Å²) in [5, 5.41) is 3.89. The van der Waals surface area contributed by atoms with Crippen molar-refractivity contribution in [1.82, 2.24) is 10.1 Å². The Bertz CT molecular complexity index is 681. The van der Waals surface area contributed by atoms with Crippen molar-refractivity contribution >= 4 is 5.91 Å². The highest BCUT2D eigenvalue weighted by Gasteiger charge is 2.32. The molecule has 4 nitrogen and oxygen atoms in total. The molecule has 2 aromatic rings. The molecule has 0 aliphatic carbocycles. The SMILES string of the molecule is CC(C)c1cc(C(=O)N2CCC[C@@H]2c2cccc(F)c2)no1. The quantitative estimate of drug-likeness (QED) is 0.863. The van der Waals surface area contributed by atoms with Crippen molar-refractivity contribution in [2.24, 2.45) is 0 Å². The molecule has 1 atom stereocenters. The highest BCUT2D eigenvalue weighted by molar-refractivity contribution is 5.92. The van der Waals surface area contributed by atoms with E-state index in [4.69, 9.17) is 4.52 Å². The van der Waals surface area contributed by atoms with Gasteiger partial charge < -0.3 is 9.42 Å². The lowest BCUT2D eigenvalue weighted by Crippen LogP contribution is -2.30. The van der Waals surface area contributed by atoms with Crippen LogP contribution in [0.2, 0.25) is 0 Å². The number of amides is 1. The van der Waals surface area contributed by atoms with Crippen LogP contribution in [0.1, 0.15) is 60.5 Å². The first-order valence-corrected chi connectivity index (χ1v) is 7.59. The summed E-state index contributed by atoms with van der Waals surface area (Å²) < 4.78 is 18.6. The molecule has 1 aromatic carbocycles. The molecule has 0 radical (unpaired) electrons. The van der Waals surface area contributed by atoms with E-state index in [1.54, 1.807) is 17.0 Å². The molecule has 0 bridgehead atoms. The number of nitrogens with zero attached hydrogens (tertiary/aromatic N) is 2. The maximum absolute atomic E-state index is 13.4. The fraction of sp³-hybridized carbons (Fsp3) is 0.412. The van der Waals surface area contributed by atoms with Gasteiger partial charge in [0.15, 0.2) is 5.69 Å². The summed E-state index contributed by atoms with van der Waals surface area (Å²) in [5.74, 6) is 0.458. The molecule has 116 valence electrons. The largest absolute Gasteiger partial charge is 0.360 e. The smallest absolute Gasteiger partial charge is 0.276 e. The summed E-state index contributed by atoms with van der Waals surface area (Å²) in [6, 6.07) is 8.06. The second-order valence-corrected chi connectivity index (χ2v) is 5.98. The van der Waals surface area contributed by atoms with Crippen molar-refractivity contribution < 1.29 is 13.7 Å². The van der Waals surface area contributed by atoms with Gasteiger partial charge in [-0.25, -0.2) is 4.39 Å². The average molecular weight is 302 g/mol. The first-order valence-electron chi connectivity index (χ1n) is 7.59. The van der Waals surface area contributed by atoms with Crippen LogP contribution in [0.3, 0.4) is 0 Å². The molecule has 1 aliphatic heterocycles. The maximum atomic E-state index is 13.4. The zero-order valence-electron chi connectivity index (χ0n) is 12.8. The van der Waals surface area contributed by atoms with Gasteiger partial charge in [-0.1, -0.05) is 31.1 Å². The Balaban J connectivity index is 1.84. The topological polar surface area (TPSA) is 46.3 Å². The lowest BCUT2D eigenvalue weighted by molar-refractivity contribution is 0.0724. The van der Waals surface area contributed by atoms with Gasteiger partial charge in [0.1, 0.15) is 11.6 Å². The normalized spacial score (nSPS) is 18.2. The summed E-state index contributed by atoms with van der Waals surface area (Å²) in [6.45, 7) is 4.63. The van der Waals surface area contributed by atoms with Gasteiger partial charge in [0.05, 0.1) is 6.04 Å². The number of hydrogen-bond acceptors (Lipinski definition) is 3. The summed E-state index contributed by atoms with van der Waals surface area (Å²) in [5.41, 5.74) is 1.16. The van der Waals surface area contributed by atoms with E-state index in [1.807, 2.05) is 19.9 Å². The minimum atomic E-state index is -0.277. The van der Waals surface area contributed by atoms with Crippen molar-refractivity contribution in [3.05, 3.63) is 53.2 Å². The van der Waals surface area contributed by atoms with Crippen LogP contribution in [0.5, 0.6) is 0 Å². The lowest BCUT2D eigenvalue weighted by Gasteiger charge is -2.24. The Kier molecular flexibility index (Phi) is 3.96. The average Bonchev–Trinajstić information content (AvgIpc) is 3.16. The summed E-state index contributed by atoms with van der Waals surface area (Å²) in [4.78, 5) is 14.4. The van der Waals surface area contributed by atoms with Crippen LogP contribution < -0.4 is 0 Å². The van der Waals surface area contributed by atoms with Crippen LogP contribution in [0.4, 0.5) is 4.39 Å². The molecule has 2 heterocycles. The van der Waals surface area contributed by atoms with Crippen molar-refractivity contribution in [1.29, 1.82) is 0 Å². The van der Waals surface area contributed by atoms with Gasteiger partial charge in [-0.15, -0.1) is 0 Å². The van der Waals surface area contributed by atoms with Gasteiger partial charge >= 0.3 is 0 Å². The number of rotatable bonds is 3. The van der Waals surface area contributed by atoms with Gasteiger partial charge in [0.25, 0.3) is 5.91 Å². The Morgan fingerprint density at radius 3 is 2.91 bits per heavy atom. The van der Waals surface area contributed by atoms with E-state index < -0.39 is 0 Å². The Morgan fingerprint density at radius 2 is 2.23 bits per heavy atom. The predicted octanol–water partition coefficient (Wildman–Crippen LogP) is 3.91. The van der Waals surface area contributed by atoms with Crippen LogP contribution in [-0.4, -0.2) is 22.5 Å². The molecule has 22 heavy (non-hydrogen) atoms. The molecular formula is C17H19FN2O2. The summed E-state index contributed by atoms with van der Waals surface area (Å²) in [6.07, 6.45) is 1.74. The molecule has 1 fully saturated rings. The number of benzene rings is 1. The van der Waals surface area contributed by atoms with Crippen LogP contribution in [0.25, 0.3) is 0 Å². The molecule has 0 unspecified atom stereocenters. The number of carbonyl (C=O) groups is 1. The second-order valence-electron chi connectivity index (χ2n) is 5.98. The molecule has 5 heteroatoms. The van der Waals surface area contributed by atoms with E-state index >= 15 is 0 Å². The van der Waals surface area contributed by atoms with Gasteiger partial charge in [0, 0.05) is 18.5 Å². The molecule has 3 rings (SSSR count). The standard InChI is InChI=1S/C17H19FN2O2/c1-11(2)16-10-14(19-22-16)17(21)20-8-4-7-15(20)12-5-3-6-13(18)9-12/h3,5-6,9-11,15H,4,7-8H2,1-2H3/t15-/m1/s1. The van der Waals surface area contributed by atoms with Gasteiger partial charge in [-0.05, 0) is 30.5 Å². The molecule has 1 aromatic heterocycles. The number of likely N-dealkylation sites (tertiary alicyclic amines) is 1. The van der Waals surface area contributed by atoms with E-state index in [0.717, 1.165) is 18.4 Å². The molecule has 1 aliphatic rings. The fourth-order valence-electron chi connectivity index (χ4n) is 2.88. The molecule has 1 amide bonds. The van der Waals surface area contributed by atoms with Crippen LogP contribution in [-0.2, 0) is 0 Å². The minimum absolute atomic E-state index is 0.0950. The fourth-order valence-corrected chi connectivity index (χ4v) is 2.88.